The molecule has 0 bridgehead atoms. The van der Waals surface area contributed by atoms with E-state index < -0.39 is 6.67 Å². The first-order valence-corrected chi connectivity index (χ1v) is 5.37. The van der Waals surface area contributed by atoms with Crippen molar-refractivity contribution in [1.29, 1.82) is 0 Å². The Morgan fingerprint density at radius 3 is 2.59 bits per heavy atom. The molecule has 2 rings (SSSR count). The lowest BCUT2D eigenvalue weighted by molar-refractivity contribution is 0.393. The van der Waals surface area contributed by atoms with Gasteiger partial charge in [-0.1, -0.05) is 17.7 Å². The van der Waals surface area contributed by atoms with Gasteiger partial charge in [0, 0.05) is 16.7 Å². The standard InChI is InChI=1S/C12H11ClFNO2/c1-7-2-3-9(13)5-10(7)15-11(16)4-8(6-14)12(15)17/h2-5,16-17H,6H2,1H3. The monoisotopic (exact) mass is 255 g/mol. The largest absolute Gasteiger partial charge is 0.494 e. The molecular formula is C12H11ClFNO2. The first kappa shape index (κ1) is 11.8. The molecule has 2 aromatic rings. The van der Waals surface area contributed by atoms with Gasteiger partial charge in [-0.05, 0) is 24.6 Å². The van der Waals surface area contributed by atoms with Gasteiger partial charge < -0.3 is 10.2 Å². The molecule has 0 unspecified atom stereocenters. The Kier molecular flexibility index (Phi) is 2.98. The van der Waals surface area contributed by atoms with Gasteiger partial charge in [0.1, 0.15) is 6.67 Å². The summed E-state index contributed by atoms with van der Waals surface area (Å²) in [6.45, 7) is 0.964. The van der Waals surface area contributed by atoms with E-state index in [1.54, 1.807) is 25.1 Å². The Morgan fingerprint density at radius 1 is 1.29 bits per heavy atom. The fourth-order valence-corrected chi connectivity index (χ4v) is 1.86. The molecule has 0 radical (unpaired) electrons. The molecule has 1 heterocycles. The van der Waals surface area contributed by atoms with Crippen LogP contribution in [-0.4, -0.2) is 14.8 Å². The predicted molar refractivity (Wildman–Crippen MR) is 63.7 cm³/mol. The highest BCUT2D eigenvalue weighted by Gasteiger charge is 2.16. The average Bonchev–Trinajstić information content (AvgIpc) is 2.58. The predicted octanol–water partition coefficient (Wildman–Crippen LogP) is 3.32. The summed E-state index contributed by atoms with van der Waals surface area (Å²) in [5.41, 5.74) is 1.37. The summed E-state index contributed by atoms with van der Waals surface area (Å²) in [7, 11) is 0. The lowest BCUT2D eigenvalue weighted by atomic mass is 10.2. The van der Waals surface area contributed by atoms with Gasteiger partial charge in [0.15, 0.2) is 5.88 Å². The van der Waals surface area contributed by atoms with Crippen molar-refractivity contribution in [3.63, 3.8) is 0 Å². The highest BCUT2D eigenvalue weighted by Crippen LogP contribution is 2.34. The van der Waals surface area contributed by atoms with Gasteiger partial charge in [-0.25, -0.2) is 4.39 Å². The maximum absolute atomic E-state index is 12.6. The molecule has 2 N–H and O–H groups in total. The quantitative estimate of drug-likeness (QED) is 0.865. The molecule has 90 valence electrons. The van der Waals surface area contributed by atoms with E-state index in [0.717, 1.165) is 10.1 Å². The number of hydrogen-bond donors (Lipinski definition) is 2. The topological polar surface area (TPSA) is 45.4 Å². The van der Waals surface area contributed by atoms with Crippen molar-refractivity contribution in [3.8, 4) is 17.4 Å². The first-order valence-electron chi connectivity index (χ1n) is 4.99. The van der Waals surface area contributed by atoms with E-state index in [-0.39, 0.29) is 17.3 Å². The molecule has 1 aromatic carbocycles. The summed E-state index contributed by atoms with van der Waals surface area (Å²) >= 11 is 5.86. The average molecular weight is 256 g/mol. The van der Waals surface area contributed by atoms with Crippen molar-refractivity contribution in [2.75, 3.05) is 0 Å². The van der Waals surface area contributed by atoms with Gasteiger partial charge in [0.05, 0.1) is 5.69 Å². The second-order valence-corrected chi connectivity index (χ2v) is 4.19. The summed E-state index contributed by atoms with van der Waals surface area (Å²) in [5.74, 6) is -0.532. The number of aryl methyl sites for hydroxylation is 1. The number of rotatable bonds is 2. The Labute approximate surface area is 103 Å². The minimum Gasteiger partial charge on any atom is -0.494 e. The van der Waals surface area contributed by atoms with E-state index in [9.17, 15) is 14.6 Å². The number of alkyl halides is 1. The maximum atomic E-state index is 12.6. The smallest absolute Gasteiger partial charge is 0.204 e. The number of aromatic nitrogens is 1. The van der Waals surface area contributed by atoms with Crippen LogP contribution in [0, 0.1) is 6.92 Å². The van der Waals surface area contributed by atoms with Gasteiger partial charge in [-0.15, -0.1) is 0 Å². The van der Waals surface area contributed by atoms with Gasteiger partial charge in [-0.2, -0.15) is 0 Å². The molecule has 0 aliphatic heterocycles. The third-order valence-electron chi connectivity index (χ3n) is 2.59. The fraction of sp³-hybridized carbons (Fsp3) is 0.167. The van der Waals surface area contributed by atoms with Gasteiger partial charge in [0.2, 0.25) is 5.88 Å². The SMILES string of the molecule is Cc1ccc(Cl)cc1-n1c(O)cc(CF)c1O. The zero-order valence-electron chi connectivity index (χ0n) is 9.11. The van der Waals surface area contributed by atoms with E-state index in [2.05, 4.69) is 0 Å². The highest BCUT2D eigenvalue weighted by molar-refractivity contribution is 6.30. The van der Waals surface area contributed by atoms with Crippen LogP contribution in [0.2, 0.25) is 5.02 Å². The summed E-state index contributed by atoms with van der Waals surface area (Å²) in [5, 5.41) is 20.0. The normalized spacial score (nSPS) is 10.8. The zero-order valence-corrected chi connectivity index (χ0v) is 9.87. The van der Waals surface area contributed by atoms with Gasteiger partial charge >= 0.3 is 0 Å². The molecule has 0 amide bonds. The van der Waals surface area contributed by atoms with E-state index in [1.807, 2.05) is 0 Å². The molecule has 3 nitrogen and oxygen atoms in total. The molecule has 17 heavy (non-hydrogen) atoms. The molecule has 0 saturated heterocycles. The Balaban J connectivity index is 2.68. The zero-order chi connectivity index (χ0) is 12.6. The van der Waals surface area contributed by atoms with Crippen molar-refractivity contribution in [1.82, 2.24) is 4.57 Å². The molecule has 0 aliphatic rings. The van der Waals surface area contributed by atoms with Crippen LogP contribution in [0.1, 0.15) is 11.1 Å². The number of nitrogens with zero attached hydrogens (tertiary/aromatic N) is 1. The third kappa shape index (κ3) is 1.96. The molecular weight excluding hydrogens is 245 g/mol. The molecule has 0 aliphatic carbocycles. The van der Waals surface area contributed by atoms with Crippen LogP contribution in [0.25, 0.3) is 5.69 Å². The summed E-state index contributed by atoms with van der Waals surface area (Å²) in [6, 6.07) is 6.24. The van der Waals surface area contributed by atoms with Crippen molar-refractivity contribution >= 4 is 11.6 Å². The summed E-state index contributed by atoms with van der Waals surface area (Å²) in [4.78, 5) is 0. The third-order valence-corrected chi connectivity index (χ3v) is 2.82. The van der Waals surface area contributed by atoms with Crippen LogP contribution in [0.15, 0.2) is 24.3 Å². The Morgan fingerprint density at radius 2 is 2.00 bits per heavy atom. The van der Waals surface area contributed by atoms with Crippen LogP contribution in [0.4, 0.5) is 4.39 Å². The van der Waals surface area contributed by atoms with Crippen LogP contribution < -0.4 is 0 Å². The summed E-state index contributed by atoms with van der Waals surface area (Å²) in [6.07, 6.45) is 0. The molecule has 0 fully saturated rings. The van der Waals surface area contributed by atoms with Crippen LogP contribution in [-0.2, 0) is 6.67 Å². The molecule has 0 atom stereocenters. The van der Waals surface area contributed by atoms with Crippen LogP contribution in [0.3, 0.4) is 0 Å². The lowest BCUT2D eigenvalue weighted by Crippen LogP contribution is -1.96. The highest BCUT2D eigenvalue weighted by atomic mass is 35.5. The van der Waals surface area contributed by atoms with E-state index in [1.165, 1.54) is 6.07 Å². The maximum Gasteiger partial charge on any atom is 0.204 e. The van der Waals surface area contributed by atoms with Crippen molar-refractivity contribution in [2.24, 2.45) is 0 Å². The van der Waals surface area contributed by atoms with Crippen molar-refractivity contribution in [3.05, 3.63) is 40.4 Å². The molecule has 0 spiro atoms. The second-order valence-electron chi connectivity index (χ2n) is 3.75. The first-order chi connectivity index (χ1) is 8.04. The van der Waals surface area contributed by atoms with Crippen molar-refractivity contribution < 1.29 is 14.6 Å². The minimum absolute atomic E-state index is 0.0434. The Bertz CT molecular complexity index is 566. The number of hydrogen-bond acceptors (Lipinski definition) is 2. The Hall–Kier alpha value is -1.68. The molecule has 1 aromatic heterocycles. The number of aromatic hydroxyl groups is 2. The minimum atomic E-state index is -0.841. The van der Waals surface area contributed by atoms with E-state index in [0.29, 0.717) is 10.7 Å². The number of halogens is 2. The lowest BCUT2D eigenvalue weighted by Gasteiger charge is -2.10. The van der Waals surface area contributed by atoms with E-state index >= 15 is 0 Å². The molecule has 0 saturated carbocycles. The molecule has 5 heteroatoms. The number of benzene rings is 1. The van der Waals surface area contributed by atoms with Crippen LogP contribution >= 0.6 is 11.6 Å². The second kappa shape index (κ2) is 4.30. The van der Waals surface area contributed by atoms with Crippen LogP contribution in [0.5, 0.6) is 11.8 Å². The van der Waals surface area contributed by atoms with Crippen molar-refractivity contribution in [2.45, 2.75) is 13.6 Å². The van der Waals surface area contributed by atoms with Gasteiger partial charge in [-0.3, -0.25) is 4.57 Å². The fourth-order valence-electron chi connectivity index (χ4n) is 1.70. The van der Waals surface area contributed by atoms with E-state index in [4.69, 9.17) is 11.6 Å². The summed E-state index contributed by atoms with van der Waals surface area (Å²) < 4.78 is 13.7. The van der Waals surface area contributed by atoms with Gasteiger partial charge in [0.25, 0.3) is 0 Å².